The van der Waals surface area contributed by atoms with Gasteiger partial charge in [-0.25, -0.2) is 13.4 Å². The average Bonchev–Trinajstić information content (AvgIpc) is 2.88. The minimum Gasteiger partial charge on any atom is -0.337 e. The monoisotopic (exact) mass is 357 g/mol. The van der Waals surface area contributed by atoms with E-state index in [0.717, 1.165) is 5.56 Å². The SMILES string of the molecule is Cc1nc(S(=O)(=O)N2CCNCC2c2cccnc2)cn1C.Cl. The van der Waals surface area contributed by atoms with Gasteiger partial charge in [-0.1, -0.05) is 6.07 Å². The molecule has 1 unspecified atom stereocenters. The molecule has 9 heteroatoms. The number of hydrogen-bond donors (Lipinski definition) is 1. The van der Waals surface area contributed by atoms with Crippen LogP contribution in [-0.4, -0.2) is 46.9 Å². The molecule has 2 aromatic rings. The number of pyridine rings is 1. The first kappa shape index (κ1) is 17.9. The van der Waals surface area contributed by atoms with Crippen LogP contribution < -0.4 is 5.32 Å². The lowest BCUT2D eigenvalue weighted by atomic mass is 10.1. The summed E-state index contributed by atoms with van der Waals surface area (Å²) in [7, 11) is -1.84. The standard InChI is InChI=1S/C14H19N5O2S.ClH/c1-11-17-14(10-18(11)2)22(20,21)19-7-6-16-9-13(19)12-4-3-5-15-8-12;/h3-5,8,10,13,16H,6-7,9H2,1-2H3;1H. The molecule has 0 spiro atoms. The fourth-order valence-corrected chi connectivity index (χ4v) is 4.24. The number of aryl methyl sites for hydroxylation is 2. The quantitative estimate of drug-likeness (QED) is 0.882. The number of imidazole rings is 1. The molecule has 0 saturated carbocycles. The highest BCUT2D eigenvalue weighted by Gasteiger charge is 2.36. The van der Waals surface area contributed by atoms with Gasteiger partial charge in [-0.2, -0.15) is 4.31 Å². The molecule has 3 rings (SSSR count). The maximum Gasteiger partial charge on any atom is 0.262 e. The highest BCUT2D eigenvalue weighted by atomic mass is 35.5. The molecular weight excluding hydrogens is 338 g/mol. The molecule has 1 atom stereocenters. The number of aromatic nitrogens is 3. The first-order chi connectivity index (χ1) is 10.5. The lowest BCUT2D eigenvalue weighted by Gasteiger charge is -2.34. The van der Waals surface area contributed by atoms with Crippen molar-refractivity contribution in [2.24, 2.45) is 7.05 Å². The van der Waals surface area contributed by atoms with Crippen molar-refractivity contribution in [1.82, 2.24) is 24.2 Å². The molecule has 3 heterocycles. The van der Waals surface area contributed by atoms with Crippen LogP contribution in [0.5, 0.6) is 0 Å². The number of nitrogens with zero attached hydrogens (tertiary/aromatic N) is 4. The van der Waals surface area contributed by atoms with Gasteiger partial charge < -0.3 is 9.88 Å². The Labute approximate surface area is 142 Å². The smallest absolute Gasteiger partial charge is 0.262 e. The largest absolute Gasteiger partial charge is 0.337 e. The van der Waals surface area contributed by atoms with E-state index in [1.165, 1.54) is 4.31 Å². The molecule has 0 bridgehead atoms. The molecule has 7 nitrogen and oxygen atoms in total. The van der Waals surface area contributed by atoms with Crippen molar-refractivity contribution < 1.29 is 8.42 Å². The molecule has 1 saturated heterocycles. The Bertz CT molecular complexity index is 743. The summed E-state index contributed by atoms with van der Waals surface area (Å²) in [5, 5.41) is 3.34. The zero-order chi connectivity index (χ0) is 15.7. The fourth-order valence-electron chi connectivity index (χ4n) is 2.60. The maximum absolute atomic E-state index is 12.9. The van der Waals surface area contributed by atoms with Crippen LogP contribution in [0.2, 0.25) is 0 Å². The van der Waals surface area contributed by atoms with Gasteiger partial charge >= 0.3 is 0 Å². The highest BCUT2D eigenvalue weighted by Crippen LogP contribution is 2.27. The highest BCUT2D eigenvalue weighted by molar-refractivity contribution is 7.89. The van der Waals surface area contributed by atoms with Crippen molar-refractivity contribution in [2.75, 3.05) is 19.6 Å². The summed E-state index contributed by atoms with van der Waals surface area (Å²) in [6.45, 7) is 3.39. The van der Waals surface area contributed by atoms with E-state index in [4.69, 9.17) is 0 Å². The molecule has 0 radical (unpaired) electrons. The zero-order valence-corrected chi connectivity index (χ0v) is 14.6. The number of halogens is 1. The van der Waals surface area contributed by atoms with Crippen molar-refractivity contribution in [3.05, 3.63) is 42.1 Å². The van der Waals surface area contributed by atoms with E-state index in [1.54, 1.807) is 37.1 Å². The summed E-state index contributed by atoms with van der Waals surface area (Å²) in [6, 6.07) is 3.45. The zero-order valence-electron chi connectivity index (χ0n) is 13.0. The second-order valence-corrected chi connectivity index (χ2v) is 7.20. The van der Waals surface area contributed by atoms with Crippen LogP contribution in [0.25, 0.3) is 0 Å². The average molecular weight is 358 g/mol. The summed E-state index contributed by atoms with van der Waals surface area (Å²) in [5.41, 5.74) is 0.880. The van der Waals surface area contributed by atoms with E-state index in [-0.39, 0.29) is 23.5 Å². The Hall–Kier alpha value is -1.48. The van der Waals surface area contributed by atoms with Crippen LogP contribution in [0.4, 0.5) is 0 Å². The third kappa shape index (κ3) is 3.40. The van der Waals surface area contributed by atoms with Crippen molar-refractivity contribution in [2.45, 2.75) is 18.0 Å². The first-order valence-electron chi connectivity index (χ1n) is 7.12. The van der Waals surface area contributed by atoms with Crippen molar-refractivity contribution in [3.8, 4) is 0 Å². The minimum atomic E-state index is -3.63. The van der Waals surface area contributed by atoms with E-state index >= 15 is 0 Å². The predicted molar refractivity (Wildman–Crippen MR) is 88.9 cm³/mol. The normalized spacial score (nSPS) is 19.3. The molecule has 0 aromatic carbocycles. The van der Waals surface area contributed by atoms with Crippen LogP contribution in [0.3, 0.4) is 0 Å². The molecular formula is C14H20ClN5O2S. The lowest BCUT2D eigenvalue weighted by molar-refractivity contribution is 0.270. The molecule has 0 amide bonds. The molecule has 23 heavy (non-hydrogen) atoms. The van der Waals surface area contributed by atoms with Gasteiger partial charge in [-0.3, -0.25) is 4.98 Å². The van der Waals surface area contributed by atoms with E-state index in [1.807, 2.05) is 12.1 Å². The molecule has 1 aliphatic heterocycles. The van der Waals surface area contributed by atoms with Crippen LogP contribution in [-0.2, 0) is 17.1 Å². The van der Waals surface area contributed by atoms with E-state index in [9.17, 15) is 8.42 Å². The van der Waals surface area contributed by atoms with E-state index in [0.29, 0.717) is 25.5 Å². The summed E-state index contributed by atoms with van der Waals surface area (Å²) < 4.78 is 29.1. The predicted octanol–water partition coefficient (Wildman–Crippen LogP) is 0.881. The van der Waals surface area contributed by atoms with Crippen LogP contribution in [0, 0.1) is 6.92 Å². The number of nitrogens with one attached hydrogen (secondary N) is 1. The lowest BCUT2D eigenvalue weighted by Crippen LogP contribution is -2.48. The third-order valence-corrected chi connectivity index (χ3v) is 5.70. The number of piperazine rings is 1. The van der Waals surface area contributed by atoms with Gasteiger partial charge in [-0.05, 0) is 18.6 Å². The van der Waals surface area contributed by atoms with Gasteiger partial charge in [0.25, 0.3) is 10.0 Å². The van der Waals surface area contributed by atoms with E-state index < -0.39 is 10.0 Å². The number of hydrogen-bond acceptors (Lipinski definition) is 5. The van der Waals surface area contributed by atoms with Gasteiger partial charge in [0.05, 0.1) is 6.04 Å². The summed E-state index contributed by atoms with van der Waals surface area (Å²) in [6.07, 6.45) is 4.96. The first-order valence-corrected chi connectivity index (χ1v) is 8.56. The summed E-state index contributed by atoms with van der Waals surface area (Å²) in [5.74, 6) is 0.673. The van der Waals surface area contributed by atoms with Crippen LogP contribution in [0.1, 0.15) is 17.4 Å². The summed E-state index contributed by atoms with van der Waals surface area (Å²) >= 11 is 0. The van der Waals surface area contributed by atoms with Crippen molar-refractivity contribution in [1.29, 1.82) is 0 Å². The minimum absolute atomic E-state index is 0. The molecule has 126 valence electrons. The Balaban J connectivity index is 0.00000192. The van der Waals surface area contributed by atoms with Gasteiger partial charge in [0, 0.05) is 45.3 Å². The number of rotatable bonds is 3. The number of sulfonamides is 1. The van der Waals surface area contributed by atoms with Crippen LogP contribution >= 0.6 is 12.4 Å². The second-order valence-electron chi connectivity index (χ2n) is 5.36. The Morgan fingerprint density at radius 3 is 2.78 bits per heavy atom. The molecule has 1 aliphatic rings. The Morgan fingerprint density at radius 2 is 2.17 bits per heavy atom. The molecule has 1 fully saturated rings. The van der Waals surface area contributed by atoms with Gasteiger partial charge in [-0.15, -0.1) is 12.4 Å². The Kier molecular flexibility index (Phi) is 5.41. The van der Waals surface area contributed by atoms with Gasteiger partial charge in [0.2, 0.25) is 0 Å². The Morgan fingerprint density at radius 1 is 1.39 bits per heavy atom. The summed E-state index contributed by atoms with van der Waals surface area (Å²) in [4.78, 5) is 8.28. The van der Waals surface area contributed by atoms with Crippen LogP contribution in [0.15, 0.2) is 35.7 Å². The third-order valence-electron chi connectivity index (χ3n) is 3.92. The molecule has 1 N–H and O–H groups in total. The topological polar surface area (TPSA) is 80.1 Å². The van der Waals surface area contributed by atoms with E-state index in [2.05, 4.69) is 15.3 Å². The fraction of sp³-hybridized carbons (Fsp3) is 0.429. The van der Waals surface area contributed by atoms with Crippen molar-refractivity contribution in [3.63, 3.8) is 0 Å². The van der Waals surface area contributed by atoms with Crippen molar-refractivity contribution >= 4 is 22.4 Å². The molecule has 2 aromatic heterocycles. The van der Waals surface area contributed by atoms with Gasteiger partial charge in [0.15, 0.2) is 5.03 Å². The maximum atomic E-state index is 12.9. The second kappa shape index (κ2) is 6.96. The molecule has 0 aliphatic carbocycles. The van der Waals surface area contributed by atoms with Gasteiger partial charge in [0.1, 0.15) is 5.82 Å².